The molecule has 1 rings (SSSR count). The number of likely N-dealkylation sites (N-methyl/N-ethyl adjacent to an activating group) is 1. The Morgan fingerprint density at radius 3 is 2.64 bits per heavy atom. The van der Waals surface area contributed by atoms with E-state index in [1.807, 2.05) is 0 Å². The quantitative estimate of drug-likeness (QED) is 0.743. The summed E-state index contributed by atoms with van der Waals surface area (Å²) < 4.78 is 0. The Morgan fingerprint density at radius 2 is 2.07 bits per heavy atom. The van der Waals surface area contributed by atoms with Crippen LogP contribution in [0.5, 0.6) is 0 Å². The first-order valence-corrected chi connectivity index (χ1v) is 6.00. The lowest BCUT2D eigenvalue weighted by molar-refractivity contribution is 0.170. The lowest BCUT2D eigenvalue weighted by Crippen LogP contribution is -2.47. The van der Waals surface area contributed by atoms with Gasteiger partial charge in [-0.2, -0.15) is 0 Å². The zero-order valence-corrected chi connectivity index (χ0v) is 10.2. The van der Waals surface area contributed by atoms with Gasteiger partial charge in [0.1, 0.15) is 0 Å². The van der Waals surface area contributed by atoms with Gasteiger partial charge in [-0.1, -0.05) is 20.8 Å². The van der Waals surface area contributed by atoms with E-state index in [2.05, 4.69) is 38.0 Å². The fourth-order valence-electron chi connectivity index (χ4n) is 2.11. The molecule has 0 spiro atoms. The number of nitrogens with one attached hydrogen (secondary N) is 1. The maximum Gasteiger partial charge on any atom is 0.0220 e. The van der Waals surface area contributed by atoms with E-state index in [1.165, 1.54) is 32.5 Å². The summed E-state index contributed by atoms with van der Waals surface area (Å²) in [6, 6.07) is 0.762. The van der Waals surface area contributed by atoms with Gasteiger partial charge in [0.2, 0.25) is 0 Å². The molecule has 0 aromatic carbocycles. The molecular weight excluding hydrogens is 172 g/mol. The number of hydrogen-bond donors (Lipinski definition) is 1. The Morgan fingerprint density at radius 1 is 1.36 bits per heavy atom. The summed E-state index contributed by atoms with van der Waals surface area (Å²) in [5.41, 5.74) is 0. The molecule has 0 aliphatic carbocycles. The zero-order valence-electron chi connectivity index (χ0n) is 10.2. The largest absolute Gasteiger partial charge is 0.315 e. The van der Waals surface area contributed by atoms with Gasteiger partial charge in [-0.3, -0.25) is 0 Å². The van der Waals surface area contributed by atoms with E-state index in [0.29, 0.717) is 0 Å². The number of hydrogen-bond acceptors (Lipinski definition) is 2. The molecule has 1 aliphatic rings. The molecule has 1 heterocycles. The SMILES string of the molecule is CC(C)CCN(C)C1CNCC(C)C1. The Bertz CT molecular complexity index is 156. The van der Waals surface area contributed by atoms with E-state index in [0.717, 1.165) is 17.9 Å². The molecule has 1 fully saturated rings. The van der Waals surface area contributed by atoms with Gasteiger partial charge in [-0.05, 0) is 44.8 Å². The van der Waals surface area contributed by atoms with E-state index in [9.17, 15) is 0 Å². The van der Waals surface area contributed by atoms with Crippen LogP contribution in [-0.2, 0) is 0 Å². The molecule has 0 bridgehead atoms. The monoisotopic (exact) mass is 198 g/mol. The first-order valence-electron chi connectivity index (χ1n) is 6.00. The molecule has 2 nitrogen and oxygen atoms in total. The Labute approximate surface area is 89.1 Å². The highest BCUT2D eigenvalue weighted by Crippen LogP contribution is 2.15. The minimum Gasteiger partial charge on any atom is -0.315 e. The molecule has 0 aromatic heterocycles. The third kappa shape index (κ3) is 3.97. The van der Waals surface area contributed by atoms with E-state index in [1.54, 1.807) is 0 Å². The van der Waals surface area contributed by atoms with Crippen molar-refractivity contribution < 1.29 is 0 Å². The molecule has 1 saturated heterocycles. The summed E-state index contributed by atoms with van der Waals surface area (Å²) in [4.78, 5) is 2.53. The second-order valence-corrected chi connectivity index (χ2v) is 5.32. The minimum absolute atomic E-state index is 0.762. The summed E-state index contributed by atoms with van der Waals surface area (Å²) in [6.07, 6.45) is 2.68. The van der Waals surface area contributed by atoms with Gasteiger partial charge in [0.15, 0.2) is 0 Å². The fourth-order valence-corrected chi connectivity index (χ4v) is 2.11. The van der Waals surface area contributed by atoms with Gasteiger partial charge in [-0.25, -0.2) is 0 Å². The van der Waals surface area contributed by atoms with Crippen molar-refractivity contribution in [3.05, 3.63) is 0 Å². The second kappa shape index (κ2) is 5.72. The van der Waals surface area contributed by atoms with Gasteiger partial charge in [0, 0.05) is 12.6 Å². The van der Waals surface area contributed by atoms with Crippen LogP contribution in [0, 0.1) is 11.8 Å². The molecular formula is C12H26N2. The molecule has 14 heavy (non-hydrogen) atoms. The molecule has 0 amide bonds. The third-order valence-corrected chi connectivity index (χ3v) is 3.23. The van der Waals surface area contributed by atoms with Crippen LogP contribution in [-0.4, -0.2) is 37.6 Å². The summed E-state index contributed by atoms with van der Waals surface area (Å²) in [5, 5.41) is 3.51. The predicted molar refractivity (Wildman–Crippen MR) is 62.5 cm³/mol. The van der Waals surface area contributed by atoms with Crippen molar-refractivity contribution in [1.29, 1.82) is 0 Å². The fraction of sp³-hybridized carbons (Fsp3) is 1.00. The number of nitrogens with zero attached hydrogens (tertiary/aromatic N) is 1. The highest BCUT2D eigenvalue weighted by molar-refractivity contribution is 4.80. The smallest absolute Gasteiger partial charge is 0.0220 e. The van der Waals surface area contributed by atoms with Gasteiger partial charge in [-0.15, -0.1) is 0 Å². The molecule has 0 radical (unpaired) electrons. The summed E-state index contributed by atoms with van der Waals surface area (Å²) >= 11 is 0. The summed E-state index contributed by atoms with van der Waals surface area (Å²) in [7, 11) is 2.27. The van der Waals surface area contributed by atoms with Crippen LogP contribution in [0.25, 0.3) is 0 Å². The second-order valence-electron chi connectivity index (χ2n) is 5.32. The first-order chi connectivity index (χ1) is 6.59. The summed E-state index contributed by atoms with van der Waals surface area (Å²) in [6.45, 7) is 10.6. The average Bonchev–Trinajstić information content (AvgIpc) is 2.14. The van der Waals surface area contributed by atoms with Crippen molar-refractivity contribution in [2.75, 3.05) is 26.7 Å². The van der Waals surface area contributed by atoms with Crippen molar-refractivity contribution in [3.8, 4) is 0 Å². The molecule has 1 N–H and O–H groups in total. The number of rotatable bonds is 4. The molecule has 84 valence electrons. The van der Waals surface area contributed by atoms with Gasteiger partial charge < -0.3 is 10.2 Å². The third-order valence-electron chi connectivity index (χ3n) is 3.23. The van der Waals surface area contributed by atoms with E-state index < -0.39 is 0 Å². The van der Waals surface area contributed by atoms with Crippen molar-refractivity contribution in [2.45, 2.75) is 39.7 Å². The van der Waals surface area contributed by atoms with E-state index >= 15 is 0 Å². The van der Waals surface area contributed by atoms with Crippen LogP contribution in [0.4, 0.5) is 0 Å². The van der Waals surface area contributed by atoms with E-state index in [4.69, 9.17) is 0 Å². The molecule has 2 heteroatoms. The topological polar surface area (TPSA) is 15.3 Å². The predicted octanol–water partition coefficient (Wildman–Crippen LogP) is 1.96. The average molecular weight is 198 g/mol. The normalized spacial score (nSPS) is 28.7. The number of piperidine rings is 1. The van der Waals surface area contributed by atoms with Crippen molar-refractivity contribution >= 4 is 0 Å². The van der Waals surface area contributed by atoms with Crippen molar-refractivity contribution in [3.63, 3.8) is 0 Å². The van der Waals surface area contributed by atoms with Gasteiger partial charge >= 0.3 is 0 Å². The molecule has 2 unspecified atom stereocenters. The van der Waals surface area contributed by atoms with Crippen LogP contribution >= 0.6 is 0 Å². The summed E-state index contributed by atoms with van der Waals surface area (Å²) in [5.74, 6) is 1.67. The van der Waals surface area contributed by atoms with Gasteiger partial charge in [0.05, 0.1) is 0 Å². The Hall–Kier alpha value is -0.0800. The van der Waals surface area contributed by atoms with Crippen LogP contribution in [0.15, 0.2) is 0 Å². The van der Waals surface area contributed by atoms with Crippen molar-refractivity contribution in [1.82, 2.24) is 10.2 Å². The maximum absolute atomic E-state index is 3.51. The molecule has 1 aliphatic heterocycles. The van der Waals surface area contributed by atoms with Crippen LogP contribution in [0.1, 0.15) is 33.6 Å². The van der Waals surface area contributed by atoms with E-state index in [-0.39, 0.29) is 0 Å². The molecule has 0 saturated carbocycles. The maximum atomic E-state index is 3.51. The highest BCUT2D eigenvalue weighted by Gasteiger charge is 2.21. The van der Waals surface area contributed by atoms with Crippen molar-refractivity contribution in [2.24, 2.45) is 11.8 Å². The zero-order chi connectivity index (χ0) is 10.6. The lowest BCUT2D eigenvalue weighted by atomic mass is 9.96. The lowest BCUT2D eigenvalue weighted by Gasteiger charge is -2.35. The minimum atomic E-state index is 0.762. The highest BCUT2D eigenvalue weighted by atomic mass is 15.2. The standard InChI is InChI=1S/C12H26N2/c1-10(2)5-6-14(4)12-7-11(3)8-13-9-12/h10-13H,5-9H2,1-4H3. The Balaban J connectivity index is 2.25. The van der Waals surface area contributed by atoms with Crippen LogP contribution < -0.4 is 5.32 Å². The van der Waals surface area contributed by atoms with Gasteiger partial charge in [0.25, 0.3) is 0 Å². The van der Waals surface area contributed by atoms with Crippen LogP contribution in [0.3, 0.4) is 0 Å². The molecule has 0 aromatic rings. The van der Waals surface area contributed by atoms with Crippen LogP contribution in [0.2, 0.25) is 0 Å². The molecule has 2 atom stereocenters. The first kappa shape index (κ1) is 12.0. The Kier molecular flexibility index (Phi) is 4.90.